The summed E-state index contributed by atoms with van der Waals surface area (Å²) in [5.41, 5.74) is 0. The van der Waals surface area contributed by atoms with Gasteiger partial charge in [-0.2, -0.15) is 0 Å². The average molecular weight is 407 g/mol. The van der Waals surface area contributed by atoms with Crippen molar-refractivity contribution in [2.45, 2.75) is 64.1 Å². The third-order valence-electron chi connectivity index (χ3n) is 6.55. The monoisotopic (exact) mass is 406 g/mol. The van der Waals surface area contributed by atoms with Crippen LogP contribution in [0, 0.1) is 12.8 Å². The van der Waals surface area contributed by atoms with Crippen LogP contribution >= 0.6 is 11.3 Å². The number of nitrogens with one attached hydrogen (secondary N) is 1. The van der Waals surface area contributed by atoms with E-state index in [1.165, 1.54) is 30.8 Å². The lowest BCUT2D eigenvalue weighted by Crippen LogP contribution is -2.49. The van der Waals surface area contributed by atoms with Crippen LogP contribution < -0.4 is 5.32 Å². The van der Waals surface area contributed by atoms with Crippen molar-refractivity contribution in [1.29, 1.82) is 0 Å². The van der Waals surface area contributed by atoms with Crippen LogP contribution in [0.25, 0.3) is 0 Å². The number of hydrogen-bond acceptors (Lipinski definition) is 6. The minimum atomic E-state index is 0.187. The van der Waals surface area contributed by atoms with E-state index in [1.807, 2.05) is 17.5 Å². The minimum Gasteiger partial charge on any atom is -0.376 e. The van der Waals surface area contributed by atoms with Crippen LogP contribution in [0.4, 0.5) is 0 Å². The second-order valence-electron chi connectivity index (χ2n) is 8.54. The Morgan fingerprint density at radius 3 is 2.64 bits per heavy atom. The van der Waals surface area contributed by atoms with Crippen LogP contribution in [-0.2, 0) is 16.1 Å². The fourth-order valence-corrected chi connectivity index (χ4v) is 5.67. The molecule has 1 amide bonds. The van der Waals surface area contributed by atoms with Gasteiger partial charge in [-0.3, -0.25) is 9.69 Å². The number of carbonyl (C=O) groups is 1. The smallest absolute Gasteiger partial charge is 0.223 e. The first-order chi connectivity index (χ1) is 13.7. The van der Waals surface area contributed by atoms with Crippen molar-refractivity contribution >= 4 is 17.2 Å². The summed E-state index contributed by atoms with van der Waals surface area (Å²) in [5.74, 6) is 0.428. The van der Waals surface area contributed by atoms with Crippen molar-refractivity contribution < 1.29 is 9.53 Å². The Labute approximate surface area is 172 Å². The van der Waals surface area contributed by atoms with E-state index in [-0.39, 0.29) is 17.9 Å². The number of thiazole rings is 1. The SMILES string of the molecule is Cc1ncc(CN2CCC(N3CCC(C(=O)NC[C@H]4CCCO4)CC3)CC2)s1. The fraction of sp³-hybridized carbons (Fsp3) is 0.810. The second kappa shape index (κ2) is 9.65. The molecule has 7 heteroatoms. The summed E-state index contributed by atoms with van der Waals surface area (Å²) in [7, 11) is 0. The van der Waals surface area contributed by atoms with Gasteiger partial charge in [0, 0.05) is 55.8 Å². The Bertz CT molecular complexity index is 630. The summed E-state index contributed by atoms with van der Waals surface area (Å²) in [6, 6.07) is 0.690. The summed E-state index contributed by atoms with van der Waals surface area (Å²) in [6.45, 7) is 9.14. The third kappa shape index (κ3) is 5.32. The maximum Gasteiger partial charge on any atom is 0.223 e. The normalized spacial score (nSPS) is 26.0. The number of ether oxygens (including phenoxy) is 1. The van der Waals surface area contributed by atoms with Gasteiger partial charge in [-0.1, -0.05) is 0 Å². The van der Waals surface area contributed by atoms with Gasteiger partial charge in [0.05, 0.1) is 11.1 Å². The van der Waals surface area contributed by atoms with E-state index < -0.39 is 0 Å². The Morgan fingerprint density at radius 1 is 1.21 bits per heavy atom. The minimum absolute atomic E-state index is 0.187. The molecule has 0 bridgehead atoms. The Kier molecular flexibility index (Phi) is 6.99. The molecular weight excluding hydrogens is 372 g/mol. The van der Waals surface area contributed by atoms with Crippen molar-refractivity contribution in [1.82, 2.24) is 20.1 Å². The van der Waals surface area contributed by atoms with Crippen LogP contribution in [0.5, 0.6) is 0 Å². The van der Waals surface area contributed by atoms with Gasteiger partial charge < -0.3 is 15.0 Å². The third-order valence-corrected chi connectivity index (χ3v) is 7.45. The van der Waals surface area contributed by atoms with Crippen molar-refractivity contribution in [3.63, 3.8) is 0 Å². The van der Waals surface area contributed by atoms with E-state index in [4.69, 9.17) is 4.74 Å². The van der Waals surface area contributed by atoms with Gasteiger partial charge in [-0.15, -0.1) is 11.3 Å². The molecule has 3 aliphatic rings. The van der Waals surface area contributed by atoms with Gasteiger partial charge in [0.15, 0.2) is 0 Å². The lowest BCUT2D eigenvalue weighted by molar-refractivity contribution is -0.127. The number of hydrogen-bond donors (Lipinski definition) is 1. The maximum atomic E-state index is 12.5. The average Bonchev–Trinajstić information content (AvgIpc) is 3.39. The Hall–Kier alpha value is -1.02. The molecule has 4 rings (SSSR count). The zero-order valence-electron chi connectivity index (χ0n) is 17.1. The quantitative estimate of drug-likeness (QED) is 0.786. The second-order valence-corrected chi connectivity index (χ2v) is 9.86. The lowest BCUT2D eigenvalue weighted by Gasteiger charge is -2.41. The first kappa shape index (κ1) is 20.3. The highest BCUT2D eigenvalue weighted by atomic mass is 32.1. The van der Waals surface area contributed by atoms with E-state index in [2.05, 4.69) is 27.0 Å². The van der Waals surface area contributed by atoms with Gasteiger partial charge in [-0.05, 0) is 58.5 Å². The number of rotatable bonds is 6. The number of aryl methyl sites for hydroxylation is 1. The highest BCUT2D eigenvalue weighted by molar-refractivity contribution is 7.11. The summed E-state index contributed by atoms with van der Waals surface area (Å²) in [5, 5.41) is 4.29. The maximum absolute atomic E-state index is 12.5. The van der Waals surface area contributed by atoms with Crippen molar-refractivity contribution in [3.05, 3.63) is 16.1 Å². The van der Waals surface area contributed by atoms with Crippen LogP contribution in [0.2, 0.25) is 0 Å². The van der Waals surface area contributed by atoms with Gasteiger partial charge in [0.25, 0.3) is 0 Å². The first-order valence-electron chi connectivity index (χ1n) is 10.9. The molecule has 4 heterocycles. The fourth-order valence-electron chi connectivity index (χ4n) is 4.83. The number of nitrogens with zero attached hydrogens (tertiary/aromatic N) is 3. The Morgan fingerprint density at radius 2 is 2.00 bits per heavy atom. The standard InChI is InChI=1S/C21H34N4O2S/c1-16-22-14-20(28-16)15-24-8-6-18(7-9-24)25-10-4-17(5-11-25)21(26)23-13-19-3-2-12-27-19/h14,17-19H,2-13,15H2,1H3,(H,23,26)/t19-/m1/s1. The van der Waals surface area contributed by atoms with Crippen molar-refractivity contribution in [3.8, 4) is 0 Å². The summed E-state index contributed by atoms with van der Waals surface area (Å²) in [6.07, 6.45) is 8.96. The predicted molar refractivity (Wildman–Crippen MR) is 111 cm³/mol. The molecule has 0 unspecified atom stereocenters. The molecule has 0 saturated carbocycles. The van der Waals surface area contributed by atoms with E-state index in [0.29, 0.717) is 12.6 Å². The number of aromatic nitrogens is 1. The van der Waals surface area contributed by atoms with Gasteiger partial charge in [-0.25, -0.2) is 4.98 Å². The molecular formula is C21H34N4O2S. The number of likely N-dealkylation sites (tertiary alicyclic amines) is 2. The van der Waals surface area contributed by atoms with Crippen molar-refractivity contribution in [2.24, 2.45) is 5.92 Å². The first-order valence-corrected chi connectivity index (χ1v) is 11.8. The van der Waals surface area contributed by atoms with E-state index in [9.17, 15) is 4.79 Å². The zero-order chi connectivity index (χ0) is 19.3. The molecule has 6 nitrogen and oxygen atoms in total. The topological polar surface area (TPSA) is 57.7 Å². The molecule has 3 saturated heterocycles. The zero-order valence-corrected chi connectivity index (χ0v) is 17.9. The van der Waals surface area contributed by atoms with E-state index in [1.54, 1.807) is 0 Å². The van der Waals surface area contributed by atoms with Crippen LogP contribution in [0.15, 0.2) is 6.20 Å². The molecule has 1 aromatic heterocycles. The molecule has 156 valence electrons. The van der Waals surface area contributed by atoms with E-state index in [0.717, 1.165) is 56.9 Å². The molecule has 0 aliphatic carbocycles. The summed E-state index contributed by atoms with van der Waals surface area (Å²) in [4.78, 5) is 23.4. The molecule has 0 radical (unpaired) electrons. The summed E-state index contributed by atoms with van der Waals surface area (Å²) >= 11 is 1.82. The number of carbonyl (C=O) groups excluding carboxylic acids is 1. The molecule has 0 spiro atoms. The number of piperidine rings is 2. The van der Waals surface area contributed by atoms with Crippen LogP contribution in [0.1, 0.15) is 48.4 Å². The highest BCUT2D eigenvalue weighted by Crippen LogP contribution is 2.25. The Balaban J connectivity index is 1.15. The molecule has 3 fully saturated rings. The van der Waals surface area contributed by atoms with E-state index >= 15 is 0 Å². The molecule has 0 aromatic carbocycles. The lowest BCUT2D eigenvalue weighted by atomic mass is 9.92. The van der Waals surface area contributed by atoms with Crippen molar-refractivity contribution in [2.75, 3.05) is 39.3 Å². The molecule has 3 aliphatic heterocycles. The van der Waals surface area contributed by atoms with Gasteiger partial charge in [0.1, 0.15) is 0 Å². The summed E-state index contributed by atoms with van der Waals surface area (Å²) < 4.78 is 5.60. The van der Waals surface area contributed by atoms with Gasteiger partial charge >= 0.3 is 0 Å². The number of amides is 1. The van der Waals surface area contributed by atoms with Gasteiger partial charge in [0.2, 0.25) is 5.91 Å². The molecule has 28 heavy (non-hydrogen) atoms. The van der Waals surface area contributed by atoms with Crippen LogP contribution in [-0.4, -0.2) is 72.2 Å². The predicted octanol–water partition coefficient (Wildman–Crippen LogP) is 2.42. The molecule has 1 aromatic rings. The molecule has 1 atom stereocenters. The largest absolute Gasteiger partial charge is 0.376 e. The van der Waals surface area contributed by atoms with Crippen LogP contribution in [0.3, 0.4) is 0 Å². The molecule has 1 N–H and O–H groups in total. The highest BCUT2D eigenvalue weighted by Gasteiger charge is 2.31.